The van der Waals surface area contributed by atoms with Crippen LogP contribution in [-0.4, -0.2) is 29.4 Å². The Balaban J connectivity index is 2.27. The molecule has 1 aromatic heterocycles. The number of rotatable bonds is 4. The van der Waals surface area contributed by atoms with E-state index in [9.17, 15) is 4.79 Å². The Labute approximate surface area is 114 Å². The smallest absolute Gasteiger partial charge is 0.283 e. The van der Waals surface area contributed by atoms with Gasteiger partial charge in [-0.05, 0) is 34.8 Å². The summed E-state index contributed by atoms with van der Waals surface area (Å²) in [6.07, 6.45) is 4.45. The molecule has 1 aliphatic heterocycles. The van der Waals surface area contributed by atoms with Crippen molar-refractivity contribution in [3.63, 3.8) is 0 Å². The van der Waals surface area contributed by atoms with Crippen LogP contribution in [0.4, 0.5) is 5.69 Å². The van der Waals surface area contributed by atoms with Gasteiger partial charge in [-0.1, -0.05) is 6.08 Å². The predicted molar refractivity (Wildman–Crippen MR) is 75.8 cm³/mol. The van der Waals surface area contributed by atoms with Gasteiger partial charge in [0.25, 0.3) is 5.56 Å². The molecule has 5 nitrogen and oxygen atoms in total. The third-order valence-electron chi connectivity index (χ3n) is 3.23. The first kappa shape index (κ1) is 13.3. The molecule has 1 atom stereocenters. The highest BCUT2D eigenvalue weighted by Crippen LogP contribution is 2.27. The highest BCUT2D eigenvalue weighted by molar-refractivity contribution is 9.10. The van der Waals surface area contributed by atoms with Crippen molar-refractivity contribution in [3.05, 3.63) is 33.7 Å². The van der Waals surface area contributed by atoms with E-state index in [0.29, 0.717) is 23.5 Å². The SMILES string of the molecule is C=CCn1ncc(N2CCC(CN)C2)c(Br)c1=O. The number of halogens is 1. The topological polar surface area (TPSA) is 64.2 Å². The quantitative estimate of drug-likeness (QED) is 0.842. The normalized spacial score (nSPS) is 19.2. The summed E-state index contributed by atoms with van der Waals surface area (Å²) in [6, 6.07) is 0. The average molecular weight is 313 g/mol. The number of anilines is 1. The van der Waals surface area contributed by atoms with Crippen molar-refractivity contribution in [1.29, 1.82) is 0 Å². The zero-order chi connectivity index (χ0) is 13.1. The first-order chi connectivity index (χ1) is 8.67. The van der Waals surface area contributed by atoms with Gasteiger partial charge in [0.15, 0.2) is 0 Å². The molecule has 98 valence electrons. The summed E-state index contributed by atoms with van der Waals surface area (Å²) >= 11 is 3.37. The zero-order valence-corrected chi connectivity index (χ0v) is 11.8. The van der Waals surface area contributed by atoms with Gasteiger partial charge in [-0.25, -0.2) is 4.68 Å². The number of allylic oxidation sites excluding steroid dienone is 1. The van der Waals surface area contributed by atoms with E-state index in [1.165, 1.54) is 4.68 Å². The van der Waals surface area contributed by atoms with Crippen molar-refractivity contribution in [1.82, 2.24) is 9.78 Å². The predicted octanol–water partition coefficient (Wildman–Crippen LogP) is 0.977. The zero-order valence-electron chi connectivity index (χ0n) is 10.2. The van der Waals surface area contributed by atoms with Gasteiger partial charge in [0.2, 0.25) is 0 Å². The maximum Gasteiger partial charge on any atom is 0.283 e. The molecule has 0 aromatic carbocycles. The monoisotopic (exact) mass is 312 g/mol. The van der Waals surface area contributed by atoms with Crippen LogP contribution in [0.15, 0.2) is 28.1 Å². The molecular formula is C12H17BrN4O. The van der Waals surface area contributed by atoms with E-state index in [4.69, 9.17) is 5.73 Å². The standard InChI is InChI=1S/C12H17BrN4O/c1-2-4-17-12(18)11(13)10(7-15-17)16-5-3-9(6-14)8-16/h2,7,9H,1,3-6,8,14H2. The van der Waals surface area contributed by atoms with Crippen LogP contribution in [0.5, 0.6) is 0 Å². The summed E-state index contributed by atoms with van der Waals surface area (Å²) in [5, 5.41) is 4.15. The minimum Gasteiger partial charge on any atom is -0.369 e. The fourth-order valence-corrected chi connectivity index (χ4v) is 2.73. The number of nitrogens with zero attached hydrogens (tertiary/aromatic N) is 3. The molecule has 18 heavy (non-hydrogen) atoms. The molecule has 0 aliphatic carbocycles. The second-order valence-electron chi connectivity index (χ2n) is 4.46. The summed E-state index contributed by atoms with van der Waals surface area (Å²) in [7, 11) is 0. The fraction of sp³-hybridized carbons (Fsp3) is 0.500. The second-order valence-corrected chi connectivity index (χ2v) is 5.25. The van der Waals surface area contributed by atoms with E-state index in [2.05, 4.69) is 32.5 Å². The highest BCUT2D eigenvalue weighted by atomic mass is 79.9. The summed E-state index contributed by atoms with van der Waals surface area (Å²) in [5.41, 5.74) is 6.41. The minimum absolute atomic E-state index is 0.122. The van der Waals surface area contributed by atoms with Crippen LogP contribution in [0.1, 0.15) is 6.42 Å². The molecule has 0 bridgehead atoms. The summed E-state index contributed by atoms with van der Waals surface area (Å²) in [4.78, 5) is 14.2. The van der Waals surface area contributed by atoms with Crippen LogP contribution in [-0.2, 0) is 6.54 Å². The van der Waals surface area contributed by atoms with E-state index < -0.39 is 0 Å². The van der Waals surface area contributed by atoms with Crippen molar-refractivity contribution in [2.24, 2.45) is 11.7 Å². The van der Waals surface area contributed by atoms with E-state index in [1.807, 2.05) is 0 Å². The van der Waals surface area contributed by atoms with Crippen LogP contribution in [0.3, 0.4) is 0 Å². The Kier molecular flexibility index (Phi) is 4.19. The van der Waals surface area contributed by atoms with E-state index in [1.54, 1.807) is 12.3 Å². The lowest BCUT2D eigenvalue weighted by molar-refractivity contribution is 0.601. The van der Waals surface area contributed by atoms with Gasteiger partial charge in [0, 0.05) is 13.1 Å². The highest BCUT2D eigenvalue weighted by Gasteiger charge is 2.24. The van der Waals surface area contributed by atoms with Crippen LogP contribution in [0, 0.1) is 5.92 Å². The van der Waals surface area contributed by atoms with Crippen molar-refractivity contribution >= 4 is 21.6 Å². The molecule has 1 aliphatic rings. The molecule has 0 saturated carbocycles. The first-order valence-electron chi connectivity index (χ1n) is 5.99. The van der Waals surface area contributed by atoms with Crippen molar-refractivity contribution in [2.75, 3.05) is 24.5 Å². The lowest BCUT2D eigenvalue weighted by Gasteiger charge is -2.19. The maximum atomic E-state index is 12.0. The molecule has 2 heterocycles. The molecule has 0 amide bonds. The Morgan fingerprint density at radius 2 is 2.44 bits per heavy atom. The van der Waals surface area contributed by atoms with Crippen LogP contribution >= 0.6 is 15.9 Å². The lowest BCUT2D eigenvalue weighted by atomic mass is 10.1. The van der Waals surface area contributed by atoms with Gasteiger partial charge in [-0.15, -0.1) is 6.58 Å². The number of hydrogen-bond donors (Lipinski definition) is 1. The molecule has 6 heteroatoms. The molecule has 1 fully saturated rings. The van der Waals surface area contributed by atoms with E-state index in [-0.39, 0.29) is 5.56 Å². The Hall–Kier alpha value is -1.14. The molecule has 2 rings (SSSR count). The average Bonchev–Trinajstić information content (AvgIpc) is 2.84. The lowest BCUT2D eigenvalue weighted by Crippen LogP contribution is -2.28. The van der Waals surface area contributed by atoms with Crippen LogP contribution in [0.25, 0.3) is 0 Å². The van der Waals surface area contributed by atoms with Crippen LogP contribution in [0.2, 0.25) is 0 Å². The minimum atomic E-state index is -0.122. The molecule has 0 spiro atoms. The van der Waals surface area contributed by atoms with Gasteiger partial charge in [-0.2, -0.15) is 5.10 Å². The Morgan fingerprint density at radius 1 is 1.67 bits per heavy atom. The summed E-state index contributed by atoms with van der Waals surface area (Å²) in [6.45, 7) is 6.53. The Bertz CT molecular complexity index is 499. The first-order valence-corrected chi connectivity index (χ1v) is 6.78. The van der Waals surface area contributed by atoms with Crippen LogP contribution < -0.4 is 16.2 Å². The van der Waals surface area contributed by atoms with Gasteiger partial charge >= 0.3 is 0 Å². The summed E-state index contributed by atoms with van der Waals surface area (Å²) < 4.78 is 1.95. The molecule has 2 N–H and O–H groups in total. The molecule has 1 unspecified atom stereocenters. The molecule has 0 radical (unpaired) electrons. The maximum absolute atomic E-state index is 12.0. The second kappa shape index (κ2) is 5.67. The van der Waals surface area contributed by atoms with E-state index >= 15 is 0 Å². The molecular weight excluding hydrogens is 296 g/mol. The molecule has 1 aromatic rings. The summed E-state index contributed by atoms with van der Waals surface area (Å²) in [5.74, 6) is 0.507. The Morgan fingerprint density at radius 3 is 3.06 bits per heavy atom. The number of aromatic nitrogens is 2. The van der Waals surface area contributed by atoms with Gasteiger partial charge in [-0.3, -0.25) is 4.79 Å². The van der Waals surface area contributed by atoms with Gasteiger partial charge in [0.1, 0.15) is 4.47 Å². The van der Waals surface area contributed by atoms with Crippen molar-refractivity contribution in [3.8, 4) is 0 Å². The van der Waals surface area contributed by atoms with E-state index in [0.717, 1.165) is 25.2 Å². The largest absolute Gasteiger partial charge is 0.369 e. The third-order valence-corrected chi connectivity index (χ3v) is 3.97. The molecule has 1 saturated heterocycles. The van der Waals surface area contributed by atoms with Gasteiger partial charge < -0.3 is 10.6 Å². The van der Waals surface area contributed by atoms with Crippen molar-refractivity contribution < 1.29 is 0 Å². The third kappa shape index (κ3) is 2.49. The van der Waals surface area contributed by atoms with Crippen molar-refractivity contribution in [2.45, 2.75) is 13.0 Å². The fourth-order valence-electron chi connectivity index (χ4n) is 2.17. The number of nitrogens with two attached hydrogens (primary N) is 1. The number of hydrogen-bond acceptors (Lipinski definition) is 4. The van der Waals surface area contributed by atoms with Gasteiger partial charge in [0.05, 0.1) is 18.4 Å².